The Morgan fingerprint density at radius 3 is 2.67 bits per heavy atom. The van der Waals surface area contributed by atoms with Gasteiger partial charge in [0.25, 0.3) is 0 Å². The molecule has 5 heteroatoms. The van der Waals surface area contributed by atoms with Crippen LogP contribution in [0.4, 0.5) is 0 Å². The lowest BCUT2D eigenvalue weighted by Crippen LogP contribution is -2.22. The summed E-state index contributed by atoms with van der Waals surface area (Å²) in [7, 11) is 0. The van der Waals surface area contributed by atoms with Gasteiger partial charge < -0.3 is 10.6 Å². The van der Waals surface area contributed by atoms with Crippen LogP contribution in [0.1, 0.15) is 32.6 Å². The number of halogens is 1. The number of carbonyl (C=O) groups excluding carboxylic acids is 1. The van der Waals surface area contributed by atoms with Crippen LogP contribution in [0.2, 0.25) is 5.02 Å². The Hall–Kier alpha value is -3.11. The lowest BCUT2D eigenvalue weighted by atomic mass is 9.90. The summed E-state index contributed by atoms with van der Waals surface area (Å²) in [6.45, 7) is 1.50. The van der Waals surface area contributed by atoms with Crippen molar-refractivity contribution in [2.45, 2.75) is 13.1 Å². The third kappa shape index (κ3) is 3.71. The largest absolute Gasteiger partial charge is 0.368 e. The maximum absolute atomic E-state index is 11.6. The summed E-state index contributed by atoms with van der Waals surface area (Å²) < 4.78 is 0. The van der Waals surface area contributed by atoms with Crippen molar-refractivity contribution in [3.8, 4) is 0 Å². The van der Waals surface area contributed by atoms with Crippen LogP contribution in [0.5, 0.6) is 0 Å². The Morgan fingerprint density at radius 2 is 1.96 bits per heavy atom. The number of nitrogens with two attached hydrogens (primary N) is 1. The highest BCUT2D eigenvalue weighted by atomic mass is 35.5. The molecule has 3 aromatic rings. The van der Waals surface area contributed by atoms with E-state index in [0.29, 0.717) is 10.6 Å². The third-order valence-electron chi connectivity index (χ3n) is 4.63. The molecule has 1 aliphatic heterocycles. The summed E-state index contributed by atoms with van der Waals surface area (Å²) in [5.74, 6) is -0.425. The van der Waals surface area contributed by atoms with Gasteiger partial charge >= 0.3 is 0 Å². The molecule has 27 heavy (non-hydrogen) atoms. The monoisotopic (exact) mass is 375 g/mol. The van der Waals surface area contributed by atoms with Crippen LogP contribution < -0.4 is 5.73 Å². The number of primary amides is 1. The molecule has 2 heterocycles. The van der Waals surface area contributed by atoms with Crippen molar-refractivity contribution in [2.24, 2.45) is 5.73 Å². The highest BCUT2D eigenvalue weighted by Crippen LogP contribution is 2.33. The number of nitrogens with zero attached hydrogens (tertiary/aromatic N) is 2. The fraction of sp³-hybridized carbons (Fsp3) is 0.0909. The van der Waals surface area contributed by atoms with Gasteiger partial charge in [-0.25, -0.2) is 0 Å². The maximum atomic E-state index is 11.6. The second kappa shape index (κ2) is 7.25. The van der Waals surface area contributed by atoms with E-state index < -0.39 is 5.91 Å². The van der Waals surface area contributed by atoms with Gasteiger partial charge in [-0.15, -0.1) is 0 Å². The van der Waals surface area contributed by atoms with E-state index in [9.17, 15) is 4.79 Å². The second-order valence-corrected chi connectivity index (χ2v) is 6.99. The Balaban J connectivity index is 1.78. The van der Waals surface area contributed by atoms with Crippen LogP contribution in [-0.4, -0.2) is 15.8 Å². The molecule has 0 fully saturated rings. The Bertz CT molecular complexity index is 1010. The Morgan fingerprint density at radius 1 is 1.15 bits per heavy atom. The quantitative estimate of drug-likeness (QED) is 0.742. The topological polar surface area (TPSA) is 59.2 Å². The fourth-order valence-electron chi connectivity index (χ4n) is 3.32. The first-order valence-electron chi connectivity index (χ1n) is 8.64. The van der Waals surface area contributed by atoms with Crippen molar-refractivity contribution >= 4 is 23.1 Å². The number of benzene rings is 2. The van der Waals surface area contributed by atoms with E-state index in [1.54, 1.807) is 12.3 Å². The van der Waals surface area contributed by atoms with Crippen molar-refractivity contribution in [2.75, 3.05) is 0 Å². The first-order valence-corrected chi connectivity index (χ1v) is 9.02. The molecule has 0 unspecified atom stereocenters. The Labute approximate surface area is 162 Å². The third-order valence-corrected chi connectivity index (χ3v) is 4.89. The molecular formula is C22H18ClN3O. The number of hydrogen-bond donors (Lipinski definition) is 1. The van der Waals surface area contributed by atoms with Crippen LogP contribution >= 0.6 is 11.6 Å². The molecule has 4 nitrogen and oxygen atoms in total. The van der Waals surface area contributed by atoms with Gasteiger partial charge in [0.1, 0.15) is 0 Å². The highest BCUT2D eigenvalue weighted by molar-refractivity contribution is 6.30. The predicted molar refractivity (Wildman–Crippen MR) is 107 cm³/mol. The average molecular weight is 376 g/mol. The summed E-state index contributed by atoms with van der Waals surface area (Å²) in [5.41, 5.74) is 11.4. The minimum absolute atomic E-state index is 0.425. The predicted octanol–water partition coefficient (Wildman–Crippen LogP) is 4.24. The number of aromatic nitrogens is 1. The second-order valence-electron chi connectivity index (χ2n) is 6.55. The molecule has 134 valence electrons. The molecule has 0 spiro atoms. The first-order chi connectivity index (χ1) is 13.1. The molecule has 0 saturated heterocycles. The van der Waals surface area contributed by atoms with Gasteiger partial charge in [0, 0.05) is 47.8 Å². The summed E-state index contributed by atoms with van der Waals surface area (Å²) >= 11 is 6.06. The zero-order valence-corrected chi connectivity index (χ0v) is 15.4. The van der Waals surface area contributed by atoms with Gasteiger partial charge in [0.05, 0.1) is 0 Å². The summed E-state index contributed by atoms with van der Waals surface area (Å²) in [6, 6.07) is 17.4. The van der Waals surface area contributed by atoms with Gasteiger partial charge in [-0.05, 0) is 52.6 Å². The van der Waals surface area contributed by atoms with Crippen molar-refractivity contribution in [1.29, 1.82) is 0 Å². The SMILES string of the molecule is NC(=O)c1ccc2c(c1)C(c1ccc(Cl)cc1)=CN(Cc1cccnc1)C2. The number of carbonyl (C=O) groups is 1. The van der Waals surface area contributed by atoms with Crippen LogP contribution in [0.3, 0.4) is 0 Å². The van der Waals surface area contributed by atoms with E-state index in [2.05, 4.69) is 22.2 Å². The van der Waals surface area contributed by atoms with Gasteiger partial charge in [0.15, 0.2) is 0 Å². The van der Waals surface area contributed by atoms with Crippen LogP contribution in [0.25, 0.3) is 5.57 Å². The summed E-state index contributed by atoms with van der Waals surface area (Å²) in [6.07, 6.45) is 5.78. The van der Waals surface area contributed by atoms with E-state index in [4.69, 9.17) is 17.3 Å². The van der Waals surface area contributed by atoms with Crippen molar-refractivity contribution < 1.29 is 4.79 Å². The molecule has 0 saturated carbocycles. The molecule has 1 aliphatic rings. The van der Waals surface area contributed by atoms with Gasteiger partial charge in [-0.3, -0.25) is 9.78 Å². The lowest BCUT2D eigenvalue weighted by molar-refractivity contribution is 0.1000. The van der Waals surface area contributed by atoms with Crippen LogP contribution in [-0.2, 0) is 13.1 Å². The normalized spacial score (nSPS) is 13.1. The zero-order chi connectivity index (χ0) is 18.8. The van der Waals surface area contributed by atoms with Crippen molar-refractivity contribution in [1.82, 2.24) is 9.88 Å². The number of hydrogen-bond acceptors (Lipinski definition) is 3. The molecule has 4 rings (SSSR count). The van der Waals surface area contributed by atoms with Gasteiger partial charge in [-0.2, -0.15) is 0 Å². The first kappa shape index (κ1) is 17.3. The minimum atomic E-state index is -0.425. The molecule has 0 atom stereocenters. The van der Waals surface area contributed by atoms with E-state index >= 15 is 0 Å². The molecule has 1 amide bonds. The highest BCUT2D eigenvalue weighted by Gasteiger charge is 2.20. The molecule has 2 aromatic carbocycles. The van der Waals surface area contributed by atoms with E-state index in [1.807, 2.05) is 48.7 Å². The average Bonchev–Trinajstić information content (AvgIpc) is 2.68. The smallest absolute Gasteiger partial charge is 0.248 e. The molecule has 0 aliphatic carbocycles. The maximum Gasteiger partial charge on any atom is 0.248 e. The number of rotatable bonds is 4. The number of fused-ring (bicyclic) bond motifs is 1. The van der Waals surface area contributed by atoms with Gasteiger partial charge in [0.2, 0.25) is 5.91 Å². The van der Waals surface area contributed by atoms with Crippen molar-refractivity contribution in [3.05, 3.63) is 106 Å². The molecule has 0 radical (unpaired) electrons. The summed E-state index contributed by atoms with van der Waals surface area (Å²) in [4.78, 5) is 18.1. The molecule has 2 N–H and O–H groups in total. The zero-order valence-electron chi connectivity index (χ0n) is 14.6. The van der Waals surface area contributed by atoms with Crippen molar-refractivity contribution in [3.63, 3.8) is 0 Å². The molecule has 0 bridgehead atoms. The molecule has 1 aromatic heterocycles. The Kier molecular flexibility index (Phi) is 4.65. The standard InChI is InChI=1S/C22H18ClN3O/c23-19-7-5-16(6-8-19)21-14-26(12-15-2-1-9-25-11-15)13-18-4-3-17(22(24)27)10-20(18)21/h1-11,14H,12-13H2,(H2,24,27). The van der Waals surface area contributed by atoms with E-state index in [0.717, 1.165) is 40.9 Å². The minimum Gasteiger partial charge on any atom is -0.368 e. The van der Waals surface area contributed by atoms with Crippen LogP contribution in [0, 0.1) is 0 Å². The lowest BCUT2D eigenvalue weighted by Gasteiger charge is -2.29. The van der Waals surface area contributed by atoms with E-state index in [1.165, 1.54) is 0 Å². The van der Waals surface area contributed by atoms with E-state index in [-0.39, 0.29) is 0 Å². The number of pyridine rings is 1. The number of amides is 1. The van der Waals surface area contributed by atoms with Gasteiger partial charge in [-0.1, -0.05) is 35.9 Å². The summed E-state index contributed by atoms with van der Waals surface area (Å²) in [5, 5.41) is 0.688. The fourth-order valence-corrected chi connectivity index (χ4v) is 3.45. The molecular weight excluding hydrogens is 358 g/mol. The van der Waals surface area contributed by atoms with Crippen LogP contribution in [0.15, 0.2) is 73.2 Å².